The topological polar surface area (TPSA) is 288 Å². The molecule has 2 aliphatic heterocycles. The predicted molar refractivity (Wildman–Crippen MR) is 91.8 cm³/mol. The van der Waals surface area contributed by atoms with Crippen LogP contribution in [0.15, 0.2) is 0 Å². The molecule has 2 fully saturated rings. The minimum atomic E-state index is -5.42. The third kappa shape index (κ3) is 8.08. The molecule has 0 amide bonds. The van der Waals surface area contributed by atoms with Crippen molar-refractivity contribution in [2.75, 3.05) is 13.2 Å². The summed E-state index contributed by atoms with van der Waals surface area (Å²) >= 11 is 0. The van der Waals surface area contributed by atoms with E-state index in [0.717, 1.165) is 0 Å². The van der Waals surface area contributed by atoms with E-state index in [1.54, 1.807) is 0 Å². The van der Waals surface area contributed by atoms with Gasteiger partial charge in [-0.1, -0.05) is 0 Å². The number of hydrogen-bond donors (Lipinski definition) is 8. The van der Waals surface area contributed by atoms with Crippen LogP contribution in [0.3, 0.4) is 0 Å². The Morgan fingerprint density at radius 1 is 0.719 bits per heavy atom. The van der Waals surface area contributed by atoms with Gasteiger partial charge in [0.15, 0.2) is 12.6 Å². The second kappa shape index (κ2) is 12.4. The fourth-order valence-electron chi connectivity index (χ4n) is 3.04. The average molecular weight is 540 g/mol. The van der Waals surface area contributed by atoms with Gasteiger partial charge in [0.25, 0.3) is 15.6 Å². The molecular formula is C12H22CaO17P2. The molecule has 0 saturated carbocycles. The molecular weight excluding hydrogens is 518 g/mol. The van der Waals surface area contributed by atoms with Gasteiger partial charge in [0, 0.05) is 0 Å². The van der Waals surface area contributed by atoms with Crippen LogP contribution in [-0.4, -0.2) is 153 Å². The summed E-state index contributed by atoms with van der Waals surface area (Å²) in [5, 5.41) is 59.2. The smallest absolute Gasteiger partial charge is 0.756 e. The third-order valence-corrected chi connectivity index (χ3v) is 5.41. The van der Waals surface area contributed by atoms with Crippen LogP contribution in [0.4, 0.5) is 0 Å². The minimum Gasteiger partial charge on any atom is -0.756 e. The quantitative estimate of drug-likeness (QED) is 0.105. The Hall–Kier alpha value is 1.12. The van der Waals surface area contributed by atoms with Crippen molar-refractivity contribution in [3.05, 3.63) is 0 Å². The second-order valence-corrected chi connectivity index (χ2v) is 8.92. The molecule has 2 rings (SSSR count). The number of rotatable bonds is 8. The zero-order chi connectivity index (χ0) is 23.7. The van der Waals surface area contributed by atoms with Crippen LogP contribution in [-0.2, 0) is 32.4 Å². The first kappa shape index (κ1) is 31.1. The summed E-state index contributed by atoms with van der Waals surface area (Å²) in [6.07, 6.45) is -19.5. The van der Waals surface area contributed by atoms with Gasteiger partial charge in [0.05, 0.1) is 13.2 Å². The van der Waals surface area contributed by atoms with Gasteiger partial charge in [-0.15, -0.1) is 0 Å². The number of aliphatic hydroxyl groups is 6. The molecule has 0 aromatic carbocycles. The molecule has 2 aliphatic rings. The maximum absolute atomic E-state index is 10.9. The zero-order valence-electron chi connectivity index (χ0n) is 16.0. The molecule has 0 aromatic heterocycles. The van der Waals surface area contributed by atoms with Gasteiger partial charge in [-0.25, -0.2) is 0 Å². The van der Waals surface area contributed by atoms with Crippen LogP contribution in [0, 0.1) is 0 Å². The van der Waals surface area contributed by atoms with E-state index in [9.17, 15) is 49.6 Å². The first-order valence-electron chi connectivity index (χ1n) is 8.53. The summed E-state index contributed by atoms with van der Waals surface area (Å²) in [5.74, 6) is 0. The number of hydrogen-bond acceptors (Lipinski definition) is 15. The van der Waals surface area contributed by atoms with Crippen LogP contribution in [0.2, 0.25) is 0 Å². The van der Waals surface area contributed by atoms with E-state index in [-0.39, 0.29) is 37.7 Å². The predicted octanol–water partition coefficient (Wildman–Crippen LogP) is -6.81. The van der Waals surface area contributed by atoms with Gasteiger partial charge in [-0.3, -0.25) is 13.7 Å². The molecule has 0 bridgehead atoms. The first-order chi connectivity index (χ1) is 14.2. The van der Waals surface area contributed by atoms with Crippen LogP contribution in [0.25, 0.3) is 0 Å². The van der Waals surface area contributed by atoms with Crippen LogP contribution >= 0.6 is 15.6 Å². The van der Waals surface area contributed by atoms with Crippen molar-refractivity contribution >= 4 is 53.4 Å². The molecule has 2 heterocycles. The largest absolute Gasteiger partial charge is 2.00 e. The van der Waals surface area contributed by atoms with E-state index in [0.29, 0.717) is 0 Å². The molecule has 17 nitrogen and oxygen atoms in total. The Balaban J connectivity index is 0.00000512. The van der Waals surface area contributed by atoms with Crippen LogP contribution < -0.4 is 9.79 Å². The van der Waals surface area contributed by atoms with Crippen molar-refractivity contribution in [2.24, 2.45) is 0 Å². The van der Waals surface area contributed by atoms with Crippen molar-refractivity contribution in [1.29, 1.82) is 0 Å². The number of ether oxygens (including phenoxy) is 3. The summed E-state index contributed by atoms with van der Waals surface area (Å²) in [6.45, 7) is -1.96. The van der Waals surface area contributed by atoms with E-state index in [1.165, 1.54) is 0 Å². The molecule has 0 aromatic rings. The zero-order valence-corrected chi connectivity index (χ0v) is 20.0. The van der Waals surface area contributed by atoms with Crippen molar-refractivity contribution in [3.8, 4) is 0 Å². The van der Waals surface area contributed by atoms with Crippen molar-refractivity contribution in [1.82, 2.24) is 0 Å². The van der Waals surface area contributed by atoms with Crippen molar-refractivity contribution in [2.45, 2.75) is 61.4 Å². The Labute approximate surface area is 209 Å². The molecule has 12 atom stereocenters. The molecule has 0 radical (unpaired) electrons. The molecule has 20 heteroatoms. The van der Waals surface area contributed by atoms with Crippen LogP contribution in [0.5, 0.6) is 0 Å². The van der Waals surface area contributed by atoms with E-state index in [2.05, 4.69) is 9.05 Å². The molecule has 0 aliphatic carbocycles. The third-order valence-electron chi connectivity index (χ3n) is 4.42. The molecule has 32 heavy (non-hydrogen) atoms. The maximum Gasteiger partial charge on any atom is 2.00 e. The average Bonchev–Trinajstić information content (AvgIpc) is 2.64. The summed E-state index contributed by atoms with van der Waals surface area (Å²) in [7, 11) is -10.8. The van der Waals surface area contributed by atoms with Gasteiger partial charge in [-0.2, -0.15) is 0 Å². The van der Waals surface area contributed by atoms with E-state index < -0.39 is 90.3 Å². The monoisotopic (exact) mass is 540 g/mol. The Bertz CT molecular complexity index is 682. The standard InChI is InChI=1S/C12H24O17P2.Ca/c13-1-3-9(5(15)8(18)12(26-3)29-31(22,23)24)27-11-7(17)6(16)10(4(2-14)25-11)28-30(19,20)21;/h3-18H,1-2H2,(H2,19,20,21)(H2,22,23,24);/q;+2/p-2/t3-,4-,5-,6-,7-,8-,9-,10-,11?,12?;/m1./s1. The summed E-state index contributed by atoms with van der Waals surface area (Å²) in [5.41, 5.74) is 0. The fraction of sp³-hybridized carbons (Fsp3) is 1.00. The first-order valence-corrected chi connectivity index (χ1v) is 11.5. The van der Waals surface area contributed by atoms with E-state index in [1.807, 2.05) is 0 Å². The van der Waals surface area contributed by atoms with Gasteiger partial charge >= 0.3 is 37.7 Å². The maximum atomic E-state index is 10.9. The number of phosphoric ester groups is 2. The Kier molecular flexibility index (Phi) is 12.1. The summed E-state index contributed by atoms with van der Waals surface area (Å²) in [4.78, 5) is 39.3. The Morgan fingerprint density at radius 2 is 1.12 bits per heavy atom. The van der Waals surface area contributed by atoms with Gasteiger partial charge in [0.2, 0.25) is 0 Å². The summed E-state index contributed by atoms with van der Waals surface area (Å²) < 4.78 is 45.3. The van der Waals surface area contributed by atoms with Crippen LogP contribution in [0.1, 0.15) is 0 Å². The van der Waals surface area contributed by atoms with Crippen molar-refractivity contribution in [3.63, 3.8) is 0 Å². The number of aliphatic hydroxyl groups excluding tert-OH is 6. The normalized spacial score (nSPS) is 44.2. The molecule has 2 saturated heterocycles. The van der Waals surface area contributed by atoms with Gasteiger partial charge in [0.1, 0.15) is 48.8 Å². The van der Waals surface area contributed by atoms with Gasteiger partial charge < -0.3 is 68.9 Å². The van der Waals surface area contributed by atoms with Gasteiger partial charge in [-0.05, 0) is 0 Å². The molecule has 4 unspecified atom stereocenters. The molecule has 184 valence electrons. The second-order valence-electron chi connectivity index (χ2n) is 6.63. The molecule has 8 N–H and O–H groups in total. The number of phosphoric acid groups is 2. The fourth-order valence-corrected chi connectivity index (χ4v) is 4.05. The minimum absolute atomic E-state index is 0. The van der Waals surface area contributed by atoms with Crippen molar-refractivity contribution < 1.29 is 82.6 Å². The summed E-state index contributed by atoms with van der Waals surface area (Å²) in [6, 6.07) is 0. The van der Waals surface area contributed by atoms with E-state index in [4.69, 9.17) is 24.0 Å². The molecule has 0 spiro atoms. The Morgan fingerprint density at radius 3 is 1.59 bits per heavy atom. The van der Waals surface area contributed by atoms with E-state index >= 15 is 0 Å². The SMILES string of the molecule is O=P([O-])(O)OC1O[C@H](CO)[C@@H](OC2O[C@H](CO)[C@@H](OP(=O)([O-])O)[C@H](O)[C@H]2O)[C@H](O)[C@H]1O.[Ca+2].